The summed E-state index contributed by atoms with van der Waals surface area (Å²) in [6.45, 7) is 0. The molecule has 33 heavy (non-hydrogen) atoms. The monoisotopic (exact) mass is 505 g/mol. The minimum atomic E-state index is -0.571. The quantitative estimate of drug-likeness (QED) is 0.419. The number of ketones is 1. The van der Waals surface area contributed by atoms with E-state index < -0.39 is 6.04 Å². The molecular formula is C27H25BrFN3O. The average Bonchev–Trinajstić information content (AvgIpc) is 2.97. The second-order valence-electron chi connectivity index (χ2n) is 8.82. The van der Waals surface area contributed by atoms with Crippen molar-refractivity contribution < 1.29 is 9.18 Å². The van der Waals surface area contributed by atoms with Crippen LogP contribution in [0.5, 0.6) is 0 Å². The van der Waals surface area contributed by atoms with E-state index in [1.54, 1.807) is 12.1 Å². The number of rotatable bonds is 3. The van der Waals surface area contributed by atoms with Crippen molar-refractivity contribution in [1.29, 1.82) is 0 Å². The van der Waals surface area contributed by atoms with Crippen LogP contribution in [0.2, 0.25) is 0 Å². The Morgan fingerprint density at radius 2 is 1.70 bits per heavy atom. The molecule has 0 aromatic heterocycles. The summed E-state index contributed by atoms with van der Waals surface area (Å²) in [7, 11) is 4.02. The van der Waals surface area contributed by atoms with Crippen molar-refractivity contribution in [3.8, 4) is 0 Å². The molecule has 4 nitrogen and oxygen atoms in total. The van der Waals surface area contributed by atoms with E-state index in [1.165, 1.54) is 6.07 Å². The molecule has 0 saturated carbocycles. The standard InChI is InChI=1S/C27H25BrFN3O/c1-32(2)19-10-7-16(8-11-19)17-13-24-26(25(33)14-17)27(20-15-18(28)9-12-21(20)29)31-23-6-4-3-5-22(23)30-24/h3-12,15,17,27,30-31H,13-14H2,1-2H3. The zero-order chi connectivity index (χ0) is 23.1. The summed E-state index contributed by atoms with van der Waals surface area (Å²) in [6, 6.07) is 20.5. The molecule has 5 rings (SSSR count). The third kappa shape index (κ3) is 4.15. The molecular weight excluding hydrogens is 481 g/mol. The Hall–Kier alpha value is -3.12. The highest BCUT2D eigenvalue weighted by Crippen LogP contribution is 2.45. The summed E-state index contributed by atoms with van der Waals surface area (Å²) < 4.78 is 15.7. The van der Waals surface area contributed by atoms with Crippen LogP contribution in [-0.4, -0.2) is 19.9 Å². The number of nitrogens with zero attached hydrogens (tertiary/aromatic N) is 1. The molecule has 0 fully saturated rings. The van der Waals surface area contributed by atoms with Crippen molar-refractivity contribution in [2.45, 2.75) is 24.8 Å². The van der Waals surface area contributed by atoms with Gasteiger partial charge in [-0.3, -0.25) is 4.79 Å². The molecule has 0 saturated heterocycles. The molecule has 1 aliphatic heterocycles. The molecule has 3 aromatic carbocycles. The van der Waals surface area contributed by atoms with E-state index in [2.05, 4.69) is 55.7 Å². The first-order chi connectivity index (χ1) is 15.9. The zero-order valence-corrected chi connectivity index (χ0v) is 20.1. The highest BCUT2D eigenvalue weighted by molar-refractivity contribution is 9.10. The fraction of sp³-hybridized carbons (Fsp3) is 0.222. The minimum Gasteiger partial charge on any atom is -0.378 e. The molecule has 168 valence electrons. The van der Waals surface area contributed by atoms with Gasteiger partial charge in [0.05, 0.1) is 17.4 Å². The molecule has 2 unspecified atom stereocenters. The molecule has 2 atom stereocenters. The van der Waals surface area contributed by atoms with Crippen LogP contribution in [0, 0.1) is 5.82 Å². The second-order valence-corrected chi connectivity index (χ2v) is 9.74. The number of hydrogen-bond donors (Lipinski definition) is 2. The van der Waals surface area contributed by atoms with Crippen molar-refractivity contribution in [2.75, 3.05) is 29.6 Å². The first-order valence-corrected chi connectivity index (χ1v) is 11.8. The van der Waals surface area contributed by atoms with Gasteiger partial charge in [-0.25, -0.2) is 4.39 Å². The minimum absolute atomic E-state index is 0.0371. The summed E-state index contributed by atoms with van der Waals surface area (Å²) in [6.07, 6.45) is 1.08. The molecule has 3 aromatic rings. The van der Waals surface area contributed by atoms with E-state index >= 15 is 0 Å². The van der Waals surface area contributed by atoms with Gasteiger partial charge in [0.2, 0.25) is 0 Å². The molecule has 0 radical (unpaired) electrons. The smallest absolute Gasteiger partial charge is 0.163 e. The van der Waals surface area contributed by atoms with Gasteiger partial charge in [0.25, 0.3) is 0 Å². The van der Waals surface area contributed by atoms with E-state index in [1.807, 2.05) is 38.4 Å². The normalized spacial score (nSPS) is 19.7. The van der Waals surface area contributed by atoms with Gasteiger partial charge in [0, 0.05) is 47.5 Å². The topological polar surface area (TPSA) is 44.4 Å². The largest absolute Gasteiger partial charge is 0.378 e. The van der Waals surface area contributed by atoms with Gasteiger partial charge in [0.1, 0.15) is 5.82 Å². The lowest BCUT2D eigenvalue weighted by molar-refractivity contribution is -0.116. The Bertz CT molecular complexity index is 1250. The Balaban J connectivity index is 1.59. The fourth-order valence-electron chi connectivity index (χ4n) is 4.74. The number of hydrogen-bond acceptors (Lipinski definition) is 4. The predicted molar refractivity (Wildman–Crippen MR) is 135 cm³/mol. The highest BCUT2D eigenvalue weighted by Gasteiger charge is 2.37. The molecule has 1 heterocycles. The van der Waals surface area contributed by atoms with Crippen molar-refractivity contribution in [3.05, 3.63) is 99.4 Å². The van der Waals surface area contributed by atoms with Gasteiger partial charge in [-0.1, -0.05) is 40.2 Å². The van der Waals surface area contributed by atoms with E-state index in [9.17, 15) is 9.18 Å². The van der Waals surface area contributed by atoms with Crippen LogP contribution in [0.25, 0.3) is 0 Å². The van der Waals surface area contributed by atoms with Gasteiger partial charge in [-0.05, 0) is 60.4 Å². The van der Waals surface area contributed by atoms with Gasteiger partial charge in [-0.2, -0.15) is 0 Å². The lowest BCUT2D eigenvalue weighted by Crippen LogP contribution is -2.27. The van der Waals surface area contributed by atoms with Crippen molar-refractivity contribution in [1.82, 2.24) is 0 Å². The van der Waals surface area contributed by atoms with Crippen LogP contribution in [0.1, 0.15) is 35.9 Å². The highest BCUT2D eigenvalue weighted by atomic mass is 79.9. The number of Topliss-reactive ketones (excluding diaryl/α,β-unsaturated/α-hetero) is 1. The summed E-state index contributed by atoms with van der Waals surface area (Å²) >= 11 is 3.46. The zero-order valence-electron chi connectivity index (χ0n) is 18.5. The van der Waals surface area contributed by atoms with Crippen molar-refractivity contribution in [3.63, 3.8) is 0 Å². The van der Waals surface area contributed by atoms with Gasteiger partial charge < -0.3 is 15.5 Å². The maximum absolute atomic E-state index is 15.0. The molecule has 1 aliphatic carbocycles. The molecule has 0 bridgehead atoms. The summed E-state index contributed by atoms with van der Waals surface area (Å²) in [5.41, 5.74) is 5.92. The molecule has 0 amide bonds. The third-order valence-electron chi connectivity index (χ3n) is 6.46. The van der Waals surface area contributed by atoms with Crippen molar-refractivity contribution in [2.24, 2.45) is 0 Å². The summed E-state index contributed by atoms with van der Waals surface area (Å²) in [5.74, 6) is -0.232. The van der Waals surface area contributed by atoms with E-state index in [-0.39, 0.29) is 17.5 Å². The fourth-order valence-corrected chi connectivity index (χ4v) is 5.12. The van der Waals surface area contributed by atoms with Gasteiger partial charge in [-0.15, -0.1) is 0 Å². The first kappa shape index (κ1) is 21.7. The van der Waals surface area contributed by atoms with Crippen LogP contribution >= 0.6 is 15.9 Å². The Morgan fingerprint density at radius 3 is 2.42 bits per heavy atom. The average molecular weight is 506 g/mol. The van der Waals surface area contributed by atoms with Crippen LogP contribution in [0.15, 0.2) is 82.5 Å². The number of anilines is 3. The number of benzene rings is 3. The number of nitrogens with one attached hydrogen (secondary N) is 2. The number of carbonyl (C=O) groups excluding carboxylic acids is 1. The molecule has 0 spiro atoms. The molecule has 6 heteroatoms. The van der Waals surface area contributed by atoms with Crippen LogP contribution in [0.3, 0.4) is 0 Å². The Morgan fingerprint density at radius 1 is 0.970 bits per heavy atom. The lowest BCUT2D eigenvalue weighted by Gasteiger charge is -2.30. The lowest BCUT2D eigenvalue weighted by atomic mass is 9.78. The predicted octanol–water partition coefficient (Wildman–Crippen LogP) is 6.63. The van der Waals surface area contributed by atoms with E-state index in [0.29, 0.717) is 24.0 Å². The number of halogens is 2. The maximum atomic E-state index is 15.0. The second kappa shape index (κ2) is 8.67. The number of fused-ring (bicyclic) bond motifs is 1. The molecule has 2 aliphatic rings. The Kier molecular flexibility index (Phi) is 5.71. The van der Waals surface area contributed by atoms with Crippen LogP contribution in [-0.2, 0) is 4.79 Å². The van der Waals surface area contributed by atoms with Crippen molar-refractivity contribution >= 4 is 38.8 Å². The summed E-state index contributed by atoms with van der Waals surface area (Å²) in [5, 5.41) is 6.95. The number of allylic oxidation sites excluding steroid dienone is 1. The molecule has 2 N–H and O–H groups in total. The maximum Gasteiger partial charge on any atom is 0.163 e. The first-order valence-electron chi connectivity index (χ1n) is 11.0. The SMILES string of the molecule is CN(C)c1ccc(C2CC(=O)C3=C(C2)Nc2ccccc2NC3c2cc(Br)ccc2F)cc1. The van der Waals surface area contributed by atoms with Crippen LogP contribution in [0.4, 0.5) is 21.5 Å². The number of carbonyl (C=O) groups is 1. The summed E-state index contributed by atoms with van der Waals surface area (Å²) in [4.78, 5) is 15.6. The number of para-hydroxylation sites is 2. The van der Waals surface area contributed by atoms with Gasteiger partial charge >= 0.3 is 0 Å². The van der Waals surface area contributed by atoms with Gasteiger partial charge in [0.15, 0.2) is 5.78 Å². The van der Waals surface area contributed by atoms with E-state index in [0.717, 1.165) is 32.8 Å². The van der Waals surface area contributed by atoms with E-state index in [4.69, 9.17) is 0 Å². The third-order valence-corrected chi connectivity index (χ3v) is 6.95. The van der Waals surface area contributed by atoms with Crippen LogP contribution < -0.4 is 15.5 Å². The Labute approximate surface area is 201 Å².